The molecule has 18 heavy (non-hydrogen) atoms. The first-order valence-electron chi connectivity index (χ1n) is 5.08. The first kappa shape index (κ1) is 13.0. The van der Waals surface area contributed by atoms with Gasteiger partial charge in [0.25, 0.3) is 0 Å². The van der Waals surface area contributed by atoms with Gasteiger partial charge in [-0.15, -0.1) is 0 Å². The van der Waals surface area contributed by atoms with Crippen LogP contribution in [-0.2, 0) is 12.6 Å². The highest BCUT2D eigenvalue weighted by Gasteiger charge is 2.29. The predicted octanol–water partition coefficient (Wildman–Crippen LogP) is 3.85. The fraction of sp³-hybridized carbons (Fsp3) is 0.167. The van der Waals surface area contributed by atoms with Crippen molar-refractivity contribution in [2.45, 2.75) is 12.6 Å². The smallest absolute Gasteiger partial charge is 0.166 e. The number of halogens is 4. The molecule has 1 aromatic carbocycles. The van der Waals surface area contributed by atoms with Crippen molar-refractivity contribution in [3.8, 4) is 0 Å². The number of nitrogens with zero attached hydrogens (tertiary/aromatic N) is 2. The zero-order chi connectivity index (χ0) is 13.2. The SMILES string of the molecule is FC(F)(F)c1ccc(Cc2cc(Br)cnn2)cc1. The normalized spacial score (nSPS) is 11.6. The van der Waals surface area contributed by atoms with Crippen LogP contribution in [0.4, 0.5) is 13.2 Å². The van der Waals surface area contributed by atoms with Crippen molar-refractivity contribution in [3.05, 3.63) is 57.8 Å². The molecular weight excluding hydrogens is 309 g/mol. The van der Waals surface area contributed by atoms with Gasteiger partial charge in [-0.3, -0.25) is 0 Å². The van der Waals surface area contributed by atoms with E-state index in [1.165, 1.54) is 12.1 Å². The molecule has 1 aromatic heterocycles. The lowest BCUT2D eigenvalue weighted by Crippen LogP contribution is -2.04. The second kappa shape index (κ2) is 5.06. The largest absolute Gasteiger partial charge is 0.416 e. The summed E-state index contributed by atoms with van der Waals surface area (Å²) in [6.07, 6.45) is -2.30. The molecule has 0 aliphatic carbocycles. The third-order valence-electron chi connectivity index (χ3n) is 2.34. The fourth-order valence-electron chi connectivity index (χ4n) is 1.49. The lowest BCUT2D eigenvalue weighted by molar-refractivity contribution is -0.137. The van der Waals surface area contributed by atoms with Crippen LogP contribution in [0.25, 0.3) is 0 Å². The van der Waals surface area contributed by atoms with E-state index in [9.17, 15) is 13.2 Å². The average molecular weight is 317 g/mol. The Labute approximate surface area is 110 Å². The first-order chi connectivity index (χ1) is 8.45. The zero-order valence-corrected chi connectivity index (χ0v) is 10.7. The number of rotatable bonds is 2. The minimum absolute atomic E-state index is 0.449. The summed E-state index contributed by atoms with van der Waals surface area (Å²) >= 11 is 3.26. The Hall–Kier alpha value is -1.43. The summed E-state index contributed by atoms with van der Waals surface area (Å²) in [5, 5.41) is 7.66. The van der Waals surface area contributed by atoms with Crippen molar-refractivity contribution < 1.29 is 13.2 Å². The van der Waals surface area contributed by atoms with Crippen LogP contribution in [0.2, 0.25) is 0 Å². The van der Waals surface area contributed by atoms with E-state index in [0.717, 1.165) is 22.2 Å². The molecule has 0 aliphatic rings. The second-order valence-electron chi connectivity index (χ2n) is 3.74. The van der Waals surface area contributed by atoms with E-state index in [0.29, 0.717) is 12.1 Å². The van der Waals surface area contributed by atoms with E-state index < -0.39 is 11.7 Å². The Bertz CT molecular complexity index is 538. The van der Waals surface area contributed by atoms with Gasteiger partial charge in [0.05, 0.1) is 17.5 Å². The van der Waals surface area contributed by atoms with Crippen LogP contribution in [-0.4, -0.2) is 10.2 Å². The molecule has 0 radical (unpaired) electrons. The van der Waals surface area contributed by atoms with E-state index in [-0.39, 0.29) is 0 Å². The summed E-state index contributed by atoms with van der Waals surface area (Å²) in [5.41, 5.74) is 0.811. The topological polar surface area (TPSA) is 25.8 Å². The maximum Gasteiger partial charge on any atom is 0.416 e. The van der Waals surface area contributed by atoms with Gasteiger partial charge in [0.15, 0.2) is 0 Å². The van der Waals surface area contributed by atoms with Gasteiger partial charge in [-0.25, -0.2) is 0 Å². The molecule has 6 heteroatoms. The molecule has 2 aromatic rings. The van der Waals surface area contributed by atoms with Crippen LogP contribution in [0.15, 0.2) is 41.0 Å². The van der Waals surface area contributed by atoms with Gasteiger partial charge in [-0.2, -0.15) is 23.4 Å². The lowest BCUT2D eigenvalue weighted by Gasteiger charge is -2.07. The summed E-state index contributed by atoms with van der Waals surface area (Å²) in [5.74, 6) is 0. The number of benzene rings is 1. The maximum atomic E-state index is 12.4. The molecule has 0 unspecified atom stereocenters. The molecule has 94 valence electrons. The highest BCUT2D eigenvalue weighted by atomic mass is 79.9. The highest BCUT2D eigenvalue weighted by Crippen LogP contribution is 2.29. The molecule has 0 aliphatic heterocycles. The third kappa shape index (κ3) is 3.29. The lowest BCUT2D eigenvalue weighted by atomic mass is 10.1. The van der Waals surface area contributed by atoms with E-state index in [2.05, 4.69) is 26.1 Å². The average Bonchev–Trinajstić information content (AvgIpc) is 2.28. The van der Waals surface area contributed by atoms with E-state index >= 15 is 0 Å². The Morgan fingerprint density at radius 2 is 1.78 bits per heavy atom. The Morgan fingerprint density at radius 3 is 2.33 bits per heavy atom. The van der Waals surface area contributed by atoms with Gasteiger partial charge in [-0.1, -0.05) is 12.1 Å². The predicted molar refractivity (Wildman–Crippen MR) is 64.0 cm³/mol. The fourth-order valence-corrected chi connectivity index (χ4v) is 1.85. The first-order valence-corrected chi connectivity index (χ1v) is 5.88. The molecule has 0 N–H and O–H groups in total. The molecule has 0 bridgehead atoms. The molecule has 0 fully saturated rings. The Balaban J connectivity index is 2.16. The summed E-state index contributed by atoms with van der Waals surface area (Å²) in [7, 11) is 0. The van der Waals surface area contributed by atoms with Gasteiger partial charge in [0.2, 0.25) is 0 Å². The highest BCUT2D eigenvalue weighted by molar-refractivity contribution is 9.10. The van der Waals surface area contributed by atoms with Gasteiger partial charge >= 0.3 is 6.18 Å². The van der Waals surface area contributed by atoms with Crippen molar-refractivity contribution >= 4 is 15.9 Å². The van der Waals surface area contributed by atoms with Crippen LogP contribution in [0.3, 0.4) is 0 Å². The summed E-state index contributed by atoms with van der Waals surface area (Å²) in [4.78, 5) is 0. The summed E-state index contributed by atoms with van der Waals surface area (Å²) < 4.78 is 37.9. The number of aromatic nitrogens is 2. The van der Waals surface area contributed by atoms with Crippen molar-refractivity contribution in [1.29, 1.82) is 0 Å². The summed E-state index contributed by atoms with van der Waals surface area (Å²) in [6.45, 7) is 0. The van der Waals surface area contributed by atoms with Crippen LogP contribution < -0.4 is 0 Å². The van der Waals surface area contributed by atoms with E-state index in [4.69, 9.17) is 0 Å². The minimum atomic E-state index is -4.30. The molecule has 0 spiro atoms. The molecule has 1 heterocycles. The van der Waals surface area contributed by atoms with Crippen molar-refractivity contribution in [1.82, 2.24) is 10.2 Å². The number of hydrogen-bond donors (Lipinski definition) is 0. The molecular formula is C12H8BrF3N2. The zero-order valence-electron chi connectivity index (χ0n) is 9.08. The molecule has 0 saturated carbocycles. The van der Waals surface area contributed by atoms with Crippen LogP contribution in [0.5, 0.6) is 0 Å². The quantitative estimate of drug-likeness (QED) is 0.841. The Kier molecular flexibility index (Phi) is 3.65. The van der Waals surface area contributed by atoms with Gasteiger partial charge in [0.1, 0.15) is 0 Å². The molecule has 0 atom stereocenters. The molecule has 0 amide bonds. The van der Waals surface area contributed by atoms with Crippen molar-refractivity contribution in [2.24, 2.45) is 0 Å². The van der Waals surface area contributed by atoms with Gasteiger partial charge < -0.3 is 0 Å². The van der Waals surface area contributed by atoms with Gasteiger partial charge in [0, 0.05) is 10.9 Å². The number of hydrogen-bond acceptors (Lipinski definition) is 2. The molecule has 2 nitrogen and oxygen atoms in total. The second-order valence-corrected chi connectivity index (χ2v) is 4.65. The van der Waals surface area contributed by atoms with Gasteiger partial charge in [-0.05, 0) is 39.7 Å². The van der Waals surface area contributed by atoms with Crippen LogP contribution in [0, 0.1) is 0 Å². The standard InChI is InChI=1S/C12H8BrF3N2/c13-10-6-11(18-17-7-10)5-8-1-3-9(4-2-8)12(14,15)16/h1-4,6-7H,5H2. The minimum Gasteiger partial charge on any atom is -0.166 e. The third-order valence-corrected chi connectivity index (χ3v) is 2.77. The van der Waals surface area contributed by atoms with Crippen LogP contribution >= 0.6 is 15.9 Å². The van der Waals surface area contributed by atoms with Crippen molar-refractivity contribution in [2.75, 3.05) is 0 Å². The van der Waals surface area contributed by atoms with Crippen molar-refractivity contribution in [3.63, 3.8) is 0 Å². The monoisotopic (exact) mass is 316 g/mol. The maximum absolute atomic E-state index is 12.4. The number of alkyl halides is 3. The molecule has 2 rings (SSSR count). The Morgan fingerprint density at radius 1 is 1.11 bits per heavy atom. The summed E-state index contributed by atoms with van der Waals surface area (Å²) in [6, 6.07) is 6.82. The molecule has 0 saturated heterocycles. The van der Waals surface area contributed by atoms with E-state index in [1.807, 2.05) is 0 Å². The van der Waals surface area contributed by atoms with E-state index in [1.54, 1.807) is 12.3 Å². The van der Waals surface area contributed by atoms with Crippen LogP contribution in [0.1, 0.15) is 16.8 Å².